The molecule has 0 radical (unpaired) electrons. The maximum absolute atomic E-state index is 12.6. The van der Waals surface area contributed by atoms with Gasteiger partial charge in [-0.1, -0.05) is 36.0 Å². The van der Waals surface area contributed by atoms with Crippen molar-refractivity contribution in [3.63, 3.8) is 0 Å². The van der Waals surface area contributed by atoms with Crippen LogP contribution in [0.25, 0.3) is 20.8 Å². The Morgan fingerprint density at radius 2 is 2.04 bits per heavy atom. The first-order chi connectivity index (χ1) is 13.7. The predicted octanol–water partition coefficient (Wildman–Crippen LogP) is 3.88. The number of thioether (sulfide) groups is 1. The highest BCUT2D eigenvalue weighted by atomic mass is 32.2. The molecule has 6 nitrogen and oxygen atoms in total. The van der Waals surface area contributed by atoms with Crippen LogP contribution in [-0.2, 0) is 6.54 Å². The lowest BCUT2D eigenvalue weighted by atomic mass is 10.2. The molecule has 0 saturated carbocycles. The molecule has 1 aliphatic heterocycles. The second-order valence-electron chi connectivity index (χ2n) is 6.28. The molecule has 1 aliphatic rings. The molecule has 0 unspecified atom stereocenters. The third-order valence-corrected chi connectivity index (χ3v) is 6.52. The first-order valence-electron chi connectivity index (χ1n) is 8.69. The summed E-state index contributed by atoms with van der Waals surface area (Å²) in [6.45, 7) is 0.583. The number of carbonyl (C=O) groups is 1. The second kappa shape index (κ2) is 6.88. The number of aromatic nitrogens is 3. The van der Waals surface area contributed by atoms with E-state index in [1.165, 1.54) is 18.0 Å². The van der Waals surface area contributed by atoms with Crippen LogP contribution in [0.15, 0.2) is 64.7 Å². The van der Waals surface area contributed by atoms with Gasteiger partial charge in [-0.05, 0) is 24.3 Å². The average Bonchev–Trinajstić information content (AvgIpc) is 3.35. The van der Waals surface area contributed by atoms with Crippen molar-refractivity contribution >= 4 is 44.9 Å². The summed E-state index contributed by atoms with van der Waals surface area (Å²) in [5.74, 6) is 0.350. The lowest BCUT2D eigenvalue weighted by molar-refractivity contribution is 0.102. The number of para-hydroxylation sites is 1. The van der Waals surface area contributed by atoms with E-state index < -0.39 is 5.91 Å². The number of fused-ring (bicyclic) bond motifs is 2. The van der Waals surface area contributed by atoms with Gasteiger partial charge >= 0.3 is 0 Å². The van der Waals surface area contributed by atoms with E-state index in [0.717, 1.165) is 26.5 Å². The van der Waals surface area contributed by atoms with Gasteiger partial charge in [0.25, 0.3) is 11.5 Å². The van der Waals surface area contributed by atoms with E-state index in [9.17, 15) is 9.59 Å². The van der Waals surface area contributed by atoms with Crippen LogP contribution in [0.4, 0.5) is 5.69 Å². The molecule has 3 heterocycles. The Morgan fingerprint density at radius 1 is 1.14 bits per heavy atom. The molecule has 0 spiro atoms. The Morgan fingerprint density at radius 3 is 2.93 bits per heavy atom. The molecular formula is C20H14N4O2S2. The van der Waals surface area contributed by atoms with Crippen molar-refractivity contribution in [3.05, 3.63) is 70.6 Å². The van der Waals surface area contributed by atoms with Gasteiger partial charge in [-0.15, -0.1) is 11.3 Å². The first kappa shape index (κ1) is 17.2. The zero-order valence-electron chi connectivity index (χ0n) is 14.6. The fourth-order valence-corrected chi connectivity index (χ4v) is 4.97. The largest absolute Gasteiger partial charge is 0.322 e. The fraction of sp³-hybridized carbons (Fsp3) is 0.100. The Bertz CT molecular complexity index is 1250. The smallest absolute Gasteiger partial charge is 0.267 e. The molecule has 138 valence electrons. The fourth-order valence-electron chi connectivity index (χ4n) is 3.10. The average molecular weight is 406 g/mol. The van der Waals surface area contributed by atoms with Crippen molar-refractivity contribution in [1.82, 2.24) is 14.5 Å². The zero-order valence-corrected chi connectivity index (χ0v) is 16.2. The van der Waals surface area contributed by atoms with Crippen LogP contribution in [0.1, 0.15) is 10.4 Å². The molecule has 0 bridgehead atoms. The number of rotatable bonds is 3. The molecule has 0 saturated heterocycles. The number of nitrogens with zero attached hydrogens (tertiary/aromatic N) is 3. The van der Waals surface area contributed by atoms with Crippen LogP contribution in [0.5, 0.6) is 0 Å². The van der Waals surface area contributed by atoms with Crippen molar-refractivity contribution in [2.24, 2.45) is 0 Å². The SMILES string of the molecule is O=C(Nc1cccc(-c2nc3ccccc3s2)c1)c1cnc2n(c1=O)CCS2. The predicted molar refractivity (Wildman–Crippen MR) is 112 cm³/mol. The number of benzene rings is 2. The molecule has 8 heteroatoms. The van der Waals surface area contributed by atoms with Crippen LogP contribution >= 0.6 is 23.1 Å². The molecule has 1 N–H and O–H groups in total. The minimum absolute atomic E-state index is 0.0524. The quantitative estimate of drug-likeness (QED) is 0.523. The third kappa shape index (κ3) is 3.00. The summed E-state index contributed by atoms with van der Waals surface area (Å²) in [6, 6.07) is 15.4. The number of thiazole rings is 1. The molecule has 4 aromatic rings. The maximum atomic E-state index is 12.6. The van der Waals surface area contributed by atoms with Crippen molar-refractivity contribution < 1.29 is 4.79 Å². The van der Waals surface area contributed by atoms with Gasteiger partial charge in [0, 0.05) is 29.7 Å². The highest BCUT2D eigenvalue weighted by molar-refractivity contribution is 7.99. The van der Waals surface area contributed by atoms with E-state index in [1.807, 2.05) is 42.5 Å². The van der Waals surface area contributed by atoms with Gasteiger partial charge < -0.3 is 5.32 Å². The van der Waals surface area contributed by atoms with E-state index in [1.54, 1.807) is 22.0 Å². The van der Waals surface area contributed by atoms with E-state index in [4.69, 9.17) is 0 Å². The van der Waals surface area contributed by atoms with E-state index >= 15 is 0 Å². The summed E-state index contributed by atoms with van der Waals surface area (Å²) in [6.07, 6.45) is 1.36. The van der Waals surface area contributed by atoms with Crippen LogP contribution in [-0.4, -0.2) is 26.2 Å². The molecule has 5 rings (SSSR count). The minimum Gasteiger partial charge on any atom is -0.322 e. The molecule has 0 atom stereocenters. The topological polar surface area (TPSA) is 76.9 Å². The van der Waals surface area contributed by atoms with Crippen molar-refractivity contribution in [1.29, 1.82) is 0 Å². The summed E-state index contributed by atoms with van der Waals surface area (Å²) in [4.78, 5) is 34.0. The number of carbonyl (C=O) groups excluding carboxylic acids is 1. The molecule has 0 aliphatic carbocycles. The molecule has 2 aromatic carbocycles. The van der Waals surface area contributed by atoms with Gasteiger partial charge in [-0.3, -0.25) is 14.2 Å². The zero-order chi connectivity index (χ0) is 19.1. The first-order valence-corrected chi connectivity index (χ1v) is 10.5. The number of amides is 1. The molecule has 28 heavy (non-hydrogen) atoms. The summed E-state index contributed by atoms with van der Waals surface area (Å²) >= 11 is 3.12. The van der Waals surface area contributed by atoms with Crippen LogP contribution < -0.4 is 10.9 Å². The Balaban J connectivity index is 1.44. The van der Waals surface area contributed by atoms with Gasteiger partial charge in [0.2, 0.25) is 0 Å². The maximum Gasteiger partial charge on any atom is 0.267 e. The Hall–Kier alpha value is -2.97. The summed E-state index contributed by atoms with van der Waals surface area (Å²) in [5.41, 5.74) is 2.23. The third-order valence-electron chi connectivity index (χ3n) is 4.46. The number of nitrogens with one attached hydrogen (secondary N) is 1. The normalized spacial score (nSPS) is 12.9. The highest BCUT2D eigenvalue weighted by Crippen LogP contribution is 2.31. The van der Waals surface area contributed by atoms with Gasteiger partial charge in [-0.25, -0.2) is 9.97 Å². The van der Waals surface area contributed by atoms with Gasteiger partial charge in [0.05, 0.1) is 10.2 Å². The monoisotopic (exact) mass is 406 g/mol. The van der Waals surface area contributed by atoms with Crippen molar-refractivity contribution in [2.75, 3.05) is 11.1 Å². The second-order valence-corrected chi connectivity index (χ2v) is 8.37. The summed E-state index contributed by atoms with van der Waals surface area (Å²) in [7, 11) is 0. The highest BCUT2D eigenvalue weighted by Gasteiger charge is 2.20. The number of hydrogen-bond donors (Lipinski definition) is 1. The van der Waals surface area contributed by atoms with E-state index in [-0.39, 0.29) is 11.1 Å². The molecular weight excluding hydrogens is 392 g/mol. The lowest BCUT2D eigenvalue weighted by Crippen LogP contribution is -2.29. The molecule has 2 aromatic heterocycles. The number of hydrogen-bond acceptors (Lipinski definition) is 6. The minimum atomic E-state index is -0.453. The van der Waals surface area contributed by atoms with Gasteiger partial charge in [0.1, 0.15) is 10.6 Å². The molecule has 1 amide bonds. The standard InChI is InChI=1S/C20H14N4O2S2/c25-17(14-11-21-20-24(19(14)26)8-9-27-20)22-13-5-3-4-12(10-13)18-23-15-6-1-2-7-16(15)28-18/h1-7,10-11H,8-9H2,(H,22,25). The number of anilines is 1. The van der Waals surface area contributed by atoms with Crippen LogP contribution in [0.3, 0.4) is 0 Å². The van der Waals surface area contributed by atoms with E-state index in [2.05, 4.69) is 15.3 Å². The van der Waals surface area contributed by atoms with Gasteiger partial charge in [0.15, 0.2) is 5.16 Å². The van der Waals surface area contributed by atoms with Crippen LogP contribution in [0.2, 0.25) is 0 Å². The lowest BCUT2D eigenvalue weighted by Gasteiger charge is -2.08. The van der Waals surface area contributed by atoms with Gasteiger partial charge in [-0.2, -0.15) is 0 Å². The Labute approximate surface area is 168 Å². The summed E-state index contributed by atoms with van der Waals surface area (Å²) < 4.78 is 2.67. The van der Waals surface area contributed by atoms with Crippen molar-refractivity contribution in [2.45, 2.75) is 11.7 Å². The molecule has 0 fully saturated rings. The summed E-state index contributed by atoms with van der Waals surface area (Å²) in [5, 5.41) is 4.36. The van der Waals surface area contributed by atoms with E-state index in [0.29, 0.717) is 17.4 Å². The van der Waals surface area contributed by atoms with Crippen LogP contribution in [0, 0.1) is 0 Å². The Kier molecular flexibility index (Phi) is 4.22. The van der Waals surface area contributed by atoms with Crippen molar-refractivity contribution in [3.8, 4) is 10.6 Å².